The van der Waals surface area contributed by atoms with Gasteiger partial charge < -0.3 is 5.73 Å². The second-order valence-electron chi connectivity index (χ2n) is 5.68. The molecule has 114 valence electrons. The first-order valence-electron chi connectivity index (χ1n) is 7.68. The number of hydrogen-bond donors (Lipinski definition) is 1. The molecule has 0 aliphatic rings. The Bertz CT molecular complexity index is 535. The van der Waals surface area contributed by atoms with Gasteiger partial charge in [0.2, 0.25) is 0 Å². The number of likely N-dealkylation sites (N-methyl/N-ethyl adjacent to an activating group) is 1. The van der Waals surface area contributed by atoms with E-state index in [0.29, 0.717) is 6.04 Å². The van der Waals surface area contributed by atoms with Gasteiger partial charge in [-0.1, -0.05) is 37.3 Å². The zero-order valence-corrected chi connectivity index (χ0v) is 14.1. The van der Waals surface area contributed by atoms with Crippen molar-refractivity contribution in [2.45, 2.75) is 38.8 Å². The summed E-state index contributed by atoms with van der Waals surface area (Å²) in [5, 5.41) is 0. The van der Waals surface area contributed by atoms with Gasteiger partial charge in [0.15, 0.2) is 0 Å². The summed E-state index contributed by atoms with van der Waals surface area (Å²) in [6.07, 6.45) is 2.06. The summed E-state index contributed by atoms with van der Waals surface area (Å²) in [6.45, 7) is 5.36. The lowest BCUT2D eigenvalue weighted by Crippen LogP contribution is -2.39. The second kappa shape index (κ2) is 7.74. The van der Waals surface area contributed by atoms with E-state index < -0.39 is 0 Å². The van der Waals surface area contributed by atoms with E-state index in [0.717, 1.165) is 19.4 Å². The summed E-state index contributed by atoms with van der Waals surface area (Å²) in [7, 11) is 2.19. The summed E-state index contributed by atoms with van der Waals surface area (Å²) >= 11 is 1.87. The van der Waals surface area contributed by atoms with Crippen LogP contribution in [-0.4, -0.2) is 24.5 Å². The highest BCUT2D eigenvalue weighted by molar-refractivity contribution is 7.12. The molecule has 1 aromatic carbocycles. The number of hydrogen-bond acceptors (Lipinski definition) is 3. The number of benzene rings is 1. The molecule has 0 aliphatic heterocycles. The monoisotopic (exact) mass is 302 g/mol. The summed E-state index contributed by atoms with van der Waals surface area (Å²) < 4.78 is 0. The first-order chi connectivity index (χ1) is 10.1. The Morgan fingerprint density at radius 1 is 1.14 bits per heavy atom. The van der Waals surface area contributed by atoms with Gasteiger partial charge in [0.1, 0.15) is 0 Å². The standard InChI is InChI=1S/C18H26N2S/c1-4-16(19)18(17-11-10-14(2)21-17)20(3)13-12-15-8-6-5-7-9-15/h5-11,16,18H,4,12-13,19H2,1-3H3. The zero-order valence-electron chi connectivity index (χ0n) is 13.3. The SMILES string of the molecule is CCC(N)C(c1ccc(C)s1)N(C)CCc1ccccc1. The van der Waals surface area contributed by atoms with Crippen LogP contribution in [0.4, 0.5) is 0 Å². The average molecular weight is 302 g/mol. The summed E-state index contributed by atoms with van der Waals surface area (Å²) in [5.41, 5.74) is 7.78. The van der Waals surface area contributed by atoms with Gasteiger partial charge in [0.25, 0.3) is 0 Å². The highest BCUT2D eigenvalue weighted by Crippen LogP contribution is 2.30. The van der Waals surface area contributed by atoms with E-state index in [1.165, 1.54) is 15.3 Å². The third-order valence-electron chi connectivity index (χ3n) is 4.00. The lowest BCUT2D eigenvalue weighted by Gasteiger charge is -2.31. The summed E-state index contributed by atoms with van der Waals surface area (Å²) in [4.78, 5) is 5.15. The normalized spacial score (nSPS) is 14.3. The van der Waals surface area contributed by atoms with Gasteiger partial charge in [-0.2, -0.15) is 0 Å². The Labute approximate surface area is 132 Å². The van der Waals surface area contributed by atoms with Crippen molar-refractivity contribution < 1.29 is 0 Å². The summed E-state index contributed by atoms with van der Waals surface area (Å²) in [5.74, 6) is 0. The smallest absolute Gasteiger partial charge is 0.0591 e. The van der Waals surface area contributed by atoms with Crippen LogP contribution in [0.25, 0.3) is 0 Å². The molecule has 2 nitrogen and oxygen atoms in total. The Morgan fingerprint density at radius 3 is 2.43 bits per heavy atom. The number of aryl methyl sites for hydroxylation is 1. The van der Waals surface area contributed by atoms with E-state index in [2.05, 4.69) is 68.3 Å². The van der Waals surface area contributed by atoms with Crippen molar-refractivity contribution in [3.63, 3.8) is 0 Å². The van der Waals surface area contributed by atoms with Crippen LogP contribution in [0.2, 0.25) is 0 Å². The molecule has 21 heavy (non-hydrogen) atoms. The molecular weight excluding hydrogens is 276 g/mol. The van der Waals surface area contributed by atoms with Crippen LogP contribution in [0.1, 0.15) is 34.7 Å². The Hall–Kier alpha value is -1.16. The fourth-order valence-electron chi connectivity index (χ4n) is 2.68. The van der Waals surface area contributed by atoms with Crippen molar-refractivity contribution in [2.24, 2.45) is 5.73 Å². The minimum atomic E-state index is 0.184. The highest BCUT2D eigenvalue weighted by atomic mass is 32.1. The molecule has 0 aliphatic carbocycles. The first-order valence-corrected chi connectivity index (χ1v) is 8.49. The molecule has 0 bridgehead atoms. The quantitative estimate of drug-likeness (QED) is 0.837. The van der Waals surface area contributed by atoms with Crippen LogP contribution >= 0.6 is 11.3 Å². The van der Waals surface area contributed by atoms with E-state index in [4.69, 9.17) is 5.73 Å². The topological polar surface area (TPSA) is 29.3 Å². The largest absolute Gasteiger partial charge is 0.326 e. The van der Waals surface area contributed by atoms with Crippen LogP contribution in [0.15, 0.2) is 42.5 Å². The third-order valence-corrected chi connectivity index (χ3v) is 5.07. The van der Waals surface area contributed by atoms with Crippen LogP contribution < -0.4 is 5.73 Å². The van der Waals surface area contributed by atoms with E-state index >= 15 is 0 Å². The number of nitrogens with zero attached hydrogens (tertiary/aromatic N) is 1. The van der Waals surface area contributed by atoms with E-state index in [-0.39, 0.29) is 6.04 Å². The van der Waals surface area contributed by atoms with Crippen molar-refractivity contribution in [2.75, 3.05) is 13.6 Å². The highest BCUT2D eigenvalue weighted by Gasteiger charge is 2.24. The molecule has 3 heteroatoms. The van der Waals surface area contributed by atoms with Crippen molar-refractivity contribution in [3.8, 4) is 0 Å². The predicted molar refractivity (Wildman–Crippen MR) is 92.8 cm³/mol. The lowest BCUT2D eigenvalue weighted by atomic mass is 10.0. The lowest BCUT2D eigenvalue weighted by molar-refractivity contribution is 0.215. The van der Waals surface area contributed by atoms with E-state index in [1.807, 2.05) is 11.3 Å². The molecule has 2 N–H and O–H groups in total. The van der Waals surface area contributed by atoms with Crippen LogP contribution in [0, 0.1) is 6.92 Å². The molecule has 0 saturated heterocycles. The fraction of sp³-hybridized carbons (Fsp3) is 0.444. The van der Waals surface area contributed by atoms with Gasteiger partial charge in [-0.15, -0.1) is 11.3 Å². The maximum Gasteiger partial charge on any atom is 0.0591 e. The van der Waals surface area contributed by atoms with Crippen LogP contribution in [-0.2, 0) is 6.42 Å². The van der Waals surface area contributed by atoms with Gasteiger partial charge in [-0.3, -0.25) is 4.90 Å². The molecule has 1 heterocycles. The van der Waals surface area contributed by atoms with Gasteiger partial charge in [-0.05, 0) is 44.5 Å². The van der Waals surface area contributed by atoms with Crippen LogP contribution in [0.5, 0.6) is 0 Å². The number of thiophene rings is 1. The Morgan fingerprint density at radius 2 is 1.86 bits per heavy atom. The van der Waals surface area contributed by atoms with Crippen molar-refractivity contribution in [1.29, 1.82) is 0 Å². The number of nitrogens with two attached hydrogens (primary N) is 1. The molecular formula is C18H26N2S. The second-order valence-corrected chi connectivity index (χ2v) is 7.00. The third kappa shape index (κ3) is 4.40. The van der Waals surface area contributed by atoms with E-state index in [1.54, 1.807) is 0 Å². The van der Waals surface area contributed by atoms with Crippen LogP contribution in [0.3, 0.4) is 0 Å². The average Bonchev–Trinajstić information content (AvgIpc) is 2.92. The molecule has 2 atom stereocenters. The molecule has 2 rings (SSSR count). The van der Waals surface area contributed by atoms with Gasteiger partial charge >= 0.3 is 0 Å². The molecule has 0 fully saturated rings. The zero-order chi connectivity index (χ0) is 15.2. The van der Waals surface area contributed by atoms with Gasteiger partial charge in [-0.25, -0.2) is 0 Å². The maximum atomic E-state index is 6.39. The molecule has 0 saturated carbocycles. The number of rotatable bonds is 7. The Balaban J connectivity index is 2.06. The van der Waals surface area contributed by atoms with Crippen molar-refractivity contribution in [3.05, 3.63) is 57.8 Å². The van der Waals surface area contributed by atoms with E-state index in [9.17, 15) is 0 Å². The predicted octanol–water partition coefficient (Wildman–Crippen LogP) is 4.01. The molecule has 2 unspecified atom stereocenters. The van der Waals surface area contributed by atoms with Gasteiger partial charge in [0, 0.05) is 22.3 Å². The molecule has 2 aromatic rings. The first kappa shape index (κ1) is 16.2. The maximum absolute atomic E-state index is 6.39. The van der Waals surface area contributed by atoms with Crippen molar-refractivity contribution >= 4 is 11.3 Å². The van der Waals surface area contributed by atoms with Gasteiger partial charge in [0.05, 0.1) is 6.04 Å². The van der Waals surface area contributed by atoms with Crippen molar-refractivity contribution in [1.82, 2.24) is 4.90 Å². The minimum Gasteiger partial charge on any atom is -0.326 e. The fourth-order valence-corrected chi connectivity index (χ4v) is 3.80. The summed E-state index contributed by atoms with van der Waals surface area (Å²) in [6, 6.07) is 15.6. The molecule has 0 amide bonds. The minimum absolute atomic E-state index is 0.184. The Kier molecular flexibility index (Phi) is 5.97. The molecule has 0 radical (unpaired) electrons. The molecule has 0 spiro atoms. The molecule has 1 aromatic heterocycles.